The third-order valence-electron chi connectivity index (χ3n) is 2.72. The van der Waals surface area contributed by atoms with Gasteiger partial charge in [-0.1, -0.05) is 30.9 Å². The van der Waals surface area contributed by atoms with Crippen LogP contribution in [0.5, 0.6) is 5.75 Å². The van der Waals surface area contributed by atoms with Crippen molar-refractivity contribution < 1.29 is 14.3 Å². The van der Waals surface area contributed by atoms with Gasteiger partial charge in [0.2, 0.25) is 0 Å². The van der Waals surface area contributed by atoms with Crippen LogP contribution in [0.2, 0.25) is 0 Å². The zero-order valence-corrected chi connectivity index (χ0v) is 12.1. The summed E-state index contributed by atoms with van der Waals surface area (Å²) in [6.45, 7) is 3.54. The molecule has 22 heavy (non-hydrogen) atoms. The Morgan fingerprint density at radius 2 is 1.82 bits per heavy atom. The minimum absolute atomic E-state index is 0.120. The van der Waals surface area contributed by atoms with E-state index in [1.54, 1.807) is 18.3 Å². The Hall–Kier alpha value is -2.88. The lowest BCUT2D eigenvalue weighted by Gasteiger charge is -2.05. The fourth-order valence-corrected chi connectivity index (χ4v) is 1.65. The summed E-state index contributed by atoms with van der Waals surface area (Å²) in [6.07, 6.45) is 3.29. The summed E-state index contributed by atoms with van der Waals surface area (Å²) in [5, 5.41) is 0. The van der Waals surface area contributed by atoms with Crippen molar-refractivity contribution in [1.82, 2.24) is 0 Å². The molecule has 0 saturated heterocycles. The molecule has 0 aliphatic carbocycles. The summed E-state index contributed by atoms with van der Waals surface area (Å²) in [5.74, 6) is 0.182. The lowest BCUT2D eigenvalue weighted by molar-refractivity contribution is -0.144. The van der Waals surface area contributed by atoms with Crippen molar-refractivity contribution in [3.63, 3.8) is 0 Å². The van der Waals surface area contributed by atoms with E-state index < -0.39 is 5.97 Å². The predicted octanol–water partition coefficient (Wildman–Crippen LogP) is 3.55. The molecule has 112 valence electrons. The second kappa shape index (κ2) is 8.42. The van der Waals surface area contributed by atoms with Crippen molar-refractivity contribution in [1.29, 1.82) is 0 Å². The third-order valence-corrected chi connectivity index (χ3v) is 2.72. The van der Waals surface area contributed by atoms with Crippen LogP contribution in [0, 0.1) is 0 Å². The molecule has 4 heteroatoms. The Kier molecular flexibility index (Phi) is 5.93. The molecule has 0 unspecified atom stereocenters. The van der Waals surface area contributed by atoms with Crippen LogP contribution in [0.1, 0.15) is 5.56 Å². The SMILES string of the molecule is C=CCOC(=O)COc1ccc(C=Nc2ccccc2)cc1. The minimum Gasteiger partial charge on any atom is -0.482 e. The lowest BCUT2D eigenvalue weighted by Crippen LogP contribution is -2.14. The number of hydrogen-bond donors (Lipinski definition) is 0. The Morgan fingerprint density at radius 3 is 2.50 bits per heavy atom. The van der Waals surface area contributed by atoms with Crippen LogP contribution in [-0.4, -0.2) is 25.4 Å². The highest BCUT2D eigenvalue weighted by Gasteiger charge is 2.02. The standard InChI is InChI=1S/C18H17NO3/c1-2-12-21-18(20)14-22-17-10-8-15(9-11-17)13-19-16-6-4-3-5-7-16/h2-11,13H,1,12,14H2. The number of hydrogen-bond acceptors (Lipinski definition) is 4. The van der Waals surface area contributed by atoms with Gasteiger partial charge in [-0.25, -0.2) is 4.79 Å². The molecule has 4 nitrogen and oxygen atoms in total. The highest BCUT2D eigenvalue weighted by molar-refractivity contribution is 5.82. The first-order chi connectivity index (χ1) is 10.8. The van der Waals surface area contributed by atoms with Crippen molar-refractivity contribution in [2.45, 2.75) is 0 Å². The predicted molar refractivity (Wildman–Crippen MR) is 86.8 cm³/mol. The van der Waals surface area contributed by atoms with Gasteiger partial charge in [0.05, 0.1) is 5.69 Å². The zero-order chi connectivity index (χ0) is 15.6. The molecule has 0 aliphatic rings. The fraction of sp³-hybridized carbons (Fsp3) is 0.111. The molecule has 0 N–H and O–H groups in total. The first-order valence-electron chi connectivity index (χ1n) is 6.86. The summed E-state index contributed by atoms with van der Waals surface area (Å²) in [4.78, 5) is 15.7. The molecule has 0 fully saturated rings. The van der Waals surface area contributed by atoms with Crippen LogP contribution in [0.3, 0.4) is 0 Å². The number of benzene rings is 2. The van der Waals surface area contributed by atoms with Gasteiger partial charge in [-0.3, -0.25) is 4.99 Å². The molecule has 0 aliphatic heterocycles. The second-order valence-corrected chi connectivity index (χ2v) is 4.42. The Bertz CT molecular complexity index is 633. The molecule has 0 amide bonds. The number of carbonyl (C=O) groups excluding carboxylic acids is 1. The van der Waals surface area contributed by atoms with E-state index in [0.29, 0.717) is 5.75 Å². The van der Waals surface area contributed by atoms with E-state index in [9.17, 15) is 4.79 Å². The molecule has 2 rings (SSSR count). The van der Waals surface area contributed by atoms with Crippen LogP contribution in [0.4, 0.5) is 5.69 Å². The molecule has 0 saturated carbocycles. The quantitative estimate of drug-likeness (QED) is 0.446. The van der Waals surface area contributed by atoms with Crippen LogP contribution >= 0.6 is 0 Å². The molecule has 0 bridgehead atoms. The van der Waals surface area contributed by atoms with E-state index in [2.05, 4.69) is 11.6 Å². The van der Waals surface area contributed by atoms with E-state index in [1.807, 2.05) is 42.5 Å². The average molecular weight is 295 g/mol. The second-order valence-electron chi connectivity index (χ2n) is 4.42. The first kappa shape index (κ1) is 15.5. The van der Waals surface area contributed by atoms with E-state index in [4.69, 9.17) is 9.47 Å². The molecule has 0 atom stereocenters. The van der Waals surface area contributed by atoms with Gasteiger partial charge in [0, 0.05) is 6.21 Å². The topological polar surface area (TPSA) is 47.9 Å². The van der Waals surface area contributed by atoms with Crippen molar-refractivity contribution in [2.24, 2.45) is 4.99 Å². The normalized spacial score (nSPS) is 10.4. The molecule has 0 heterocycles. The van der Waals surface area contributed by atoms with Crippen LogP contribution in [-0.2, 0) is 9.53 Å². The van der Waals surface area contributed by atoms with Gasteiger partial charge < -0.3 is 9.47 Å². The van der Waals surface area contributed by atoms with E-state index in [1.165, 1.54) is 6.08 Å². The van der Waals surface area contributed by atoms with Gasteiger partial charge in [-0.2, -0.15) is 0 Å². The number of para-hydroxylation sites is 1. The highest BCUT2D eigenvalue weighted by atomic mass is 16.6. The van der Waals surface area contributed by atoms with Crippen molar-refractivity contribution >= 4 is 17.9 Å². The Labute approximate surface area is 129 Å². The summed E-state index contributed by atoms with van der Waals surface area (Å²) in [7, 11) is 0. The van der Waals surface area contributed by atoms with Crippen molar-refractivity contribution in [3.05, 3.63) is 72.8 Å². The van der Waals surface area contributed by atoms with Gasteiger partial charge in [-0.15, -0.1) is 0 Å². The van der Waals surface area contributed by atoms with Crippen LogP contribution in [0.15, 0.2) is 72.2 Å². The average Bonchev–Trinajstić information content (AvgIpc) is 2.58. The minimum atomic E-state index is -0.422. The lowest BCUT2D eigenvalue weighted by atomic mass is 10.2. The van der Waals surface area contributed by atoms with Gasteiger partial charge in [-0.05, 0) is 42.0 Å². The fourth-order valence-electron chi connectivity index (χ4n) is 1.65. The number of rotatable bonds is 7. The maximum Gasteiger partial charge on any atom is 0.344 e. The van der Waals surface area contributed by atoms with Gasteiger partial charge in [0.25, 0.3) is 0 Å². The number of aliphatic imine (C=N–C) groups is 1. The molecular weight excluding hydrogens is 278 g/mol. The summed E-state index contributed by atoms with van der Waals surface area (Å²) >= 11 is 0. The summed E-state index contributed by atoms with van der Waals surface area (Å²) < 4.78 is 10.2. The molecule has 0 aromatic heterocycles. The number of carbonyl (C=O) groups is 1. The maximum absolute atomic E-state index is 11.3. The monoisotopic (exact) mass is 295 g/mol. The zero-order valence-electron chi connectivity index (χ0n) is 12.1. The third kappa shape index (κ3) is 5.25. The Balaban J connectivity index is 1.86. The molecular formula is C18H17NO3. The number of ether oxygens (including phenoxy) is 2. The molecule has 0 spiro atoms. The van der Waals surface area contributed by atoms with Crippen molar-refractivity contribution in [3.8, 4) is 5.75 Å². The van der Waals surface area contributed by atoms with E-state index in [-0.39, 0.29) is 13.2 Å². The highest BCUT2D eigenvalue weighted by Crippen LogP contribution is 2.13. The summed E-state index contributed by atoms with van der Waals surface area (Å²) in [6, 6.07) is 17.0. The number of nitrogens with zero attached hydrogens (tertiary/aromatic N) is 1. The van der Waals surface area contributed by atoms with Gasteiger partial charge in [0.1, 0.15) is 12.4 Å². The van der Waals surface area contributed by atoms with Gasteiger partial charge in [0.15, 0.2) is 6.61 Å². The smallest absolute Gasteiger partial charge is 0.344 e. The van der Waals surface area contributed by atoms with Crippen LogP contribution < -0.4 is 4.74 Å². The molecule has 0 radical (unpaired) electrons. The van der Waals surface area contributed by atoms with Crippen molar-refractivity contribution in [2.75, 3.05) is 13.2 Å². The van der Waals surface area contributed by atoms with E-state index in [0.717, 1.165) is 11.3 Å². The molecule has 2 aromatic rings. The Morgan fingerprint density at radius 1 is 1.09 bits per heavy atom. The molecule has 2 aromatic carbocycles. The van der Waals surface area contributed by atoms with Gasteiger partial charge >= 0.3 is 5.97 Å². The first-order valence-corrected chi connectivity index (χ1v) is 6.86. The van der Waals surface area contributed by atoms with E-state index >= 15 is 0 Å². The summed E-state index contributed by atoms with van der Waals surface area (Å²) in [5.41, 5.74) is 1.85. The maximum atomic E-state index is 11.3. The number of esters is 1. The van der Waals surface area contributed by atoms with Crippen LogP contribution in [0.25, 0.3) is 0 Å². The largest absolute Gasteiger partial charge is 0.482 e.